The van der Waals surface area contributed by atoms with Gasteiger partial charge in [0.05, 0.1) is 5.92 Å². The topological polar surface area (TPSA) is 66.4 Å². The van der Waals surface area contributed by atoms with Crippen molar-refractivity contribution in [3.63, 3.8) is 0 Å². The maximum atomic E-state index is 11.8. The number of hydrogen-bond donors (Lipinski definition) is 2. The Morgan fingerprint density at radius 3 is 2.52 bits per heavy atom. The first-order valence-electron chi connectivity index (χ1n) is 9.38. The van der Waals surface area contributed by atoms with E-state index in [1.807, 2.05) is 0 Å². The molecule has 128 valence electrons. The predicted molar refractivity (Wildman–Crippen MR) is 86.7 cm³/mol. The fourth-order valence-corrected chi connectivity index (χ4v) is 7.11. The van der Waals surface area contributed by atoms with Crippen LogP contribution in [-0.2, 0) is 9.59 Å². The molecule has 0 aromatic rings. The first-order chi connectivity index (χ1) is 10.9. The van der Waals surface area contributed by atoms with E-state index >= 15 is 0 Å². The van der Waals surface area contributed by atoms with Crippen LogP contribution in [-0.4, -0.2) is 23.0 Å². The van der Waals surface area contributed by atoms with Gasteiger partial charge in [-0.1, -0.05) is 13.8 Å². The van der Waals surface area contributed by atoms with Gasteiger partial charge in [0.1, 0.15) is 0 Å². The van der Waals surface area contributed by atoms with Crippen LogP contribution in [0.2, 0.25) is 0 Å². The normalized spacial score (nSPS) is 52.1. The van der Waals surface area contributed by atoms with Gasteiger partial charge in [0, 0.05) is 12.5 Å². The standard InChI is InChI=1S/C19H29NO3/c1-18-9-7-13-11(12(18)4-5-14(18)17(22)23)3-6-15-19(13,2)10-8-16(21)20-15/h11-15H,3-10H2,1-2H3,(H,20,21)(H,22,23)/t11-,12-,13-,14+,15+,18-,19+/m0/s1. The molecule has 4 rings (SSSR count). The van der Waals surface area contributed by atoms with Crippen LogP contribution < -0.4 is 5.32 Å². The molecule has 1 amide bonds. The average molecular weight is 319 g/mol. The molecule has 4 aliphatic rings. The number of carbonyl (C=O) groups is 2. The van der Waals surface area contributed by atoms with Crippen molar-refractivity contribution in [3.8, 4) is 0 Å². The van der Waals surface area contributed by atoms with Crippen molar-refractivity contribution < 1.29 is 14.7 Å². The molecule has 7 atom stereocenters. The van der Waals surface area contributed by atoms with Crippen molar-refractivity contribution >= 4 is 11.9 Å². The summed E-state index contributed by atoms with van der Waals surface area (Å²) in [7, 11) is 0. The molecule has 1 aliphatic heterocycles. The molecule has 0 aromatic carbocycles. The third-order valence-corrected chi connectivity index (χ3v) is 8.39. The molecule has 1 saturated heterocycles. The predicted octanol–water partition coefficient (Wildman–Crippen LogP) is 3.21. The second-order valence-corrected chi connectivity index (χ2v) is 9.09. The fraction of sp³-hybridized carbons (Fsp3) is 0.895. The number of hydrogen-bond acceptors (Lipinski definition) is 2. The monoisotopic (exact) mass is 319 g/mol. The molecule has 0 unspecified atom stereocenters. The minimum Gasteiger partial charge on any atom is -0.481 e. The van der Waals surface area contributed by atoms with Gasteiger partial charge in [0.15, 0.2) is 0 Å². The van der Waals surface area contributed by atoms with Gasteiger partial charge < -0.3 is 10.4 Å². The molecule has 0 aromatic heterocycles. The molecule has 4 fully saturated rings. The Kier molecular flexibility index (Phi) is 3.34. The number of carboxylic acids is 1. The van der Waals surface area contributed by atoms with Gasteiger partial charge in [-0.25, -0.2) is 0 Å². The number of piperidine rings is 1. The van der Waals surface area contributed by atoms with Crippen molar-refractivity contribution in [1.82, 2.24) is 5.32 Å². The molecular formula is C19H29NO3. The smallest absolute Gasteiger partial charge is 0.307 e. The van der Waals surface area contributed by atoms with E-state index in [2.05, 4.69) is 19.2 Å². The maximum absolute atomic E-state index is 11.8. The summed E-state index contributed by atoms with van der Waals surface area (Å²) in [6, 6.07) is 0.339. The summed E-state index contributed by atoms with van der Waals surface area (Å²) in [5.41, 5.74) is 0.216. The molecule has 2 N–H and O–H groups in total. The number of fused-ring (bicyclic) bond motifs is 5. The number of rotatable bonds is 1. The summed E-state index contributed by atoms with van der Waals surface area (Å²) in [6.45, 7) is 4.64. The van der Waals surface area contributed by atoms with Crippen LogP contribution in [0.1, 0.15) is 65.2 Å². The highest BCUT2D eigenvalue weighted by molar-refractivity contribution is 5.77. The molecule has 23 heavy (non-hydrogen) atoms. The van der Waals surface area contributed by atoms with E-state index in [0.717, 1.165) is 44.9 Å². The third kappa shape index (κ3) is 2.02. The highest BCUT2D eigenvalue weighted by Crippen LogP contribution is 2.65. The van der Waals surface area contributed by atoms with Crippen molar-refractivity contribution in [1.29, 1.82) is 0 Å². The lowest BCUT2D eigenvalue weighted by Gasteiger charge is -2.60. The number of amides is 1. The van der Waals surface area contributed by atoms with Gasteiger partial charge in [0.25, 0.3) is 0 Å². The minimum absolute atomic E-state index is 0.00584. The van der Waals surface area contributed by atoms with Crippen LogP contribution in [0.4, 0.5) is 0 Å². The van der Waals surface area contributed by atoms with E-state index in [1.54, 1.807) is 0 Å². The van der Waals surface area contributed by atoms with E-state index in [4.69, 9.17) is 0 Å². The molecule has 4 heteroatoms. The van der Waals surface area contributed by atoms with Crippen LogP contribution in [0.25, 0.3) is 0 Å². The fourth-order valence-electron chi connectivity index (χ4n) is 7.11. The zero-order chi connectivity index (χ0) is 16.4. The Bertz CT molecular complexity index is 547. The highest BCUT2D eigenvalue weighted by atomic mass is 16.4. The van der Waals surface area contributed by atoms with Crippen molar-refractivity contribution in [2.24, 2.45) is 34.5 Å². The third-order valence-electron chi connectivity index (χ3n) is 8.39. The lowest BCUT2D eigenvalue weighted by Crippen LogP contribution is -2.61. The van der Waals surface area contributed by atoms with Gasteiger partial charge in [-0.15, -0.1) is 0 Å². The Balaban J connectivity index is 1.63. The highest BCUT2D eigenvalue weighted by Gasteiger charge is 2.61. The summed E-state index contributed by atoms with van der Waals surface area (Å²) in [5, 5.41) is 12.9. The zero-order valence-electron chi connectivity index (χ0n) is 14.3. The lowest BCUT2D eigenvalue weighted by atomic mass is 9.47. The van der Waals surface area contributed by atoms with Crippen LogP contribution in [0.5, 0.6) is 0 Å². The quantitative estimate of drug-likeness (QED) is 0.780. The average Bonchev–Trinajstić information content (AvgIpc) is 2.85. The van der Waals surface area contributed by atoms with Crippen molar-refractivity contribution in [2.45, 2.75) is 71.3 Å². The first kappa shape index (κ1) is 15.5. The van der Waals surface area contributed by atoms with Gasteiger partial charge in [-0.05, 0) is 73.5 Å². The van der Waals surface area contributed by atoms with E-state index in [1.165, 1.54) is 0 Å². The van der Waals surface area contributed by atoms with Crippen molar-refractivity contribution in [3.05, 3.63) is 0 Å². The summed E-state index contributed by atoms with van der Waals surface area (Å²) in [6.07, 6.45) is 8.05. The summed E-state index contributed by atoms with van der Waals surface area (Å²) < 4.78 is 0. The Labute approximate surface area is 138 Å². The Morgan fingerprint density at radius 1 is 1.04 bits per heavy atom. The first-order valence-corrected chi connectivity index (χ1v) is 9.38. The van der Waals surface area contributed by atoms with Crippen LogP contribution in [0, 0.1) is 34.5 Å². The molecule has 1 heterocycles. The van der Waals surface area contributed by atoms with Crippen molar-refractivity contribution in [2.75, 3.05) is 0 Å². The molecular weight excluding hydrogens is 290 g/mol. The Hall–Kier alpha value is -1.06. The van der Waals surface area contributed by atoms with E-state index < -0.39 is 5.97 Å². The van der Waals surface area contributed by atoms with Crippen LogP contribution >= 0.6 is 0 Å². The number of aliphatic carboxylic acids is 1. The van der Waals surface area contributed by atoms with E-state index in [0.29, 0.717) is 30.2 Å². The van der Waals surface area contributed by atoms with Gasteiger partial charge in [0.2, 0.25) is 5.91 Å². The number of carboxylic acid groups (broad SMARTS) is 1. The molecule has 0 radical (unpaired) electrons. The number of nitrogens with one attached hydrogen (secondary N) is 1. The van der Waals surface area contributed by atoms with Gasteiger partial charge in [-0.3, -0.25) is 9.59 Å². The van der Waals surface area contributed by atoms with Gasteiger partial charge >= 0.3 is 5.97 Å². The maximum Gasteiger partial charge on any atom is 0.307 e. The zero-order valence-corrected chi connectivity index (χ0v) is 14.3. The van der Waals surface area contributed by atoms with Crippen LogP contribution in [0.15, 0.2) is 0 Å². The van der Waals surface area contributed by atoms with Crippen LogP contribution in [0.3, 0.4) is 0 Å². The Morgan fingerprint density at radius 2 is 1.78 bits per heavy atom. The van der Waals surface area contributed by atoms with Gasteiger partial charge in [-0.2, -0.15) is 0 Å². The second-order valence-electron chi connectivity index (χ2n) is 9.09. The summed E-state index contributed by atoms with van der Waals surface area (Å²) in [5.74, 6) is 1.38. The van der Waals surface area contributed by atoms with E-state index in [-0.39, 0.29) is 22.7 Å². The molecule has 3 saturated carbocycles. The SMILES string of the molecule is C[C@]12CCC(=O)N[C@@H]1CC[C@@H]1[C@@H]2CC[C@]2(C)[C@@H](C(=O)O)CC[C@@H]12. The minimum atomic E-state index is -0.585. The lowest BCUT2D eigenvalue weighted by molar-refractivity contribution is -0.152. The summed E-state index contributed by atoms with van der Waals surface area (Å²) in [4.78, 5) is 23.5. The molecule has 4 nitrogen and oxygen atoms in total. The molecule has 3 aliphatic carbocycles. The number of carbonyl (C=O) groups excluding carboxylic acids is 1. The molecule has 0 bridgehead atoms. The second kappa shape index (κ2) is 4.97. The largest absolute Gasteiger partial charge is 0.481 e. The summed E-state index contributed by atoms with van der Waals surface area (Å²) >= 11 is 0. The molecule has 0 spiro atoms. The van der Waals surface area contributed by atoms with E-state index in [9.17, 15) is 14.7 Å².